The topological polar surface area (TPSA) is 138 Å². The molecule has 2 aromatic heterocycles. The fourth-order valence-electron chi connectivity index (χ4n) is 4.69. The first-order valence-electron chi connectivity index (χ1n) is 12.8. The molecule has 2 aliphatic heterocycles. The van der Waals surface area contributed by atoms with E-state index in [0.717, 1.165) is 75.5 Å². The van der Waals surface area contributed by atoms with Crippen molar-refractivity contribution < 1.29 is 14.3 Å². The van der Waals surface area contributed by atoms with Gasteiger partial charge in [0.05, 0.1) is 25.1 Å². The van der Waals surface area contributed by atoms with Gasteiger partial charge in [-0.05, 0) is 54.3 Å². The molecule has 0 aliphatic carbocycles. The first kappa shape index (κ1) is 25.5. The average molecular weight is 514 g/mol. The van der Waals surface area contributed by atoms with Crippen LogP contribution in [0, 0.1) is 5.41 Å². The first-order chi connectivity index (χ1) is 18.5. The molecule has 0 bridgehead atoms. The van der Waals surface area contributed by atoms with Crippen LogP contribution < -0.4 is 11.1 Å². The van der Waals surface area contributed by atoms with Gasteiger partial charge >= 0.3 is 0 Å². The molecule has 3 aromatic rings. The summed E-state index contributed by atoms with van der Waals surface area (Å²) in [7, 11) is 0. The van der Waals surface area contributed by atoms with Crippen LogP contribution in [0.1, 0.15) is 34.5 Å². The summed E-state index contributed by atoms with van der Waals surface area (Å²) in [6.07, 6.45) is 7.05. The second kappa shape index (κ2) is 11.5. The van der Waals surface area contributed by atoms with Gasteiger partial charge in [-0.15, -0.1) is 0 Å². The molecular formula is C28H31N7O3. The standard InChI is InChI=1S/C28H31N7O3/c29-24-5-3-20(21-13-19(15-31-16-21)18-34-9-11-38-12-10-34)14-23(24)26(30)27(36)33-22-4-6-25(32-17-22)28(37)35-7-1-2-8-35/h3-6,13-17,30H,1-2,7-12,18,29H2,(H,33,36). The van der Waals surface area contributed by atoms with Gasteiger partial charge in [0.1, 0.15) is 11.4 Å². The van der Waals surface area contributed by atoms with E-state index in [2.05, 4.69) is 26.3 Å². The molecule has 2 fully saturated rings. The Morgan fingerprint density at radius 1 is 0.974 bits per heavy atom. The molecule has 4 N–H and O–H groups in total. The van der Waals surface area contributed by atoms with E-state index in [0.29, 0.717) is 22.6 Å². The molecular weight excluding hydrogens is 482 g/mol. The zero-order valence-electron chi connectivity index (χ0n) is 21.2. The van der Waals surface area contributed by atoms with Gasteiger partial charge in [-0.3, -0.25) is 24.9 Å². The summed E-state index contributed by atoms with van der Waals surface area (Å²) < 4.78 is 5.43. The quantitative estimate of drug-likeness (QED) is 0.326. The van der Waals surface area contributed by atoms with Crippen LogP contribution in [0.2, 0.25) is 0 Å². The number of aromatic nitrogens is 2. The summed E-state index contributed by atoms with van der Waals surface area (Å²) in [6.45, 7) is 5.49. The molecule has 0 saturated carbocycles. The van der Waals surface area contributed by atoms with E-state index >= 15 is 0 Å². The number of nitrogens with zero attached hydrogens (tertiary/aromatic N) is 4. The number of benzene rings is 1. The molecule has 0 unspecified atom stereocenters. The number of carbonyl (C=O) groups is 2. The maximum absolute atomic E-state index is 12.9. The number of nitrogens with two attached hydrogens (primary N) is 1. The number of anilines is 2. The smallest absolute Gasteiger partial charge is 0.274 e. The van der Waals surface area contributed by atoms with E-state index in [-0.39, 0.29) is 11.6 Å². The summed E-state index contributed by atoms with van der Waals surface area (Å²) in [5, 5.41) is 11.2. The molecule has 1 aromatic carbocycles. The number of nitrogen functional groups attached to an aromatic ring is 1. The number of likely N-dealkylation sites (tertiary alicyclic amines) is 1. The van der Waals surface area contributed by atoms with Crippen molar-refractivity contribution in [2.45, 2.75) is 19.4 Å². The second-order valence-electron chi connectivity index (χ2n) is 9.53. The third-order valence-electron chi connectivity index (χ3n) is 6.82. The molecule has 0 radical (unpaired) electrons. The lowest BCUT2D eigenvalue weighted by Gasteiger charge is -2.26. The number of rotatable bonds is 7. The van der Waals surface area contributed by atoms with Gasteiger partial charge in [0.25, 0.3) is 11.8 Å². The molecule has 2 amide bonds. The largest absolute Gasteiger partial charge is 0.398 e. The Hall–Kier alpha value is -4.15. The number of morpholine rings is 1. The maximum Gasteiger partial charge on any atom is 0.274 e. The molecule has 0 atom stereocenters. The highest BCUT2D eigenvalue weighted by Crippen LogP contribution is 2.25. The van der Waals surface area contributed by atoms with Crippen LogP contribution in [-0.2, 0) is 16.1 Å². The Balaban J connectivity index is 1.27. The summed E-state index contributed by atoms with van der Waals surface area (Å²) >= 11 is 0. The van der Waals surface area contributed by atoms with Crippen molar-refractivity contribution in [2.24, 2.45) is 0 Å². The van der Waals surface area contributed by atoms with Crippen molar-refractivity contribution >= 4 is 28.9 Å². The summed E-state index contributed by atoms with van der Waals surface area (Å²) in [5.74, 6) is -0.727. The highest BCUT2D eigenvalue weighted by molar-refractivity contribution is 6.48. The minimum atomic E-state index is -0.617. The lowest BCUT2D eigenvalue weighted by Crippen LogP contribution is -2.35. The van der Waals surface area contributed by atoms with E-state index in [1.165, 1.54) is 6.20 Å². The van der Waals surface area contributed by atoms with E-state index in [4.69, 9.17) is 15.9 Å². The van der Waals surface area contributed by atoms with Crippen LogP contribution in [0.25, 0.3) is 11.1 Å². The number of hydrogen-bond acceptors (Lipinski definition) is 8. The molecule has 2 aliphatic rings. The predicted molar refractivity (Wildman–Crippen MR) is 145 cm³/mol. The van der Waals surface area contributed by atoms with Crippen LogP contribution in [-0.4, -0.2) is 76.7 Å². The Morgan fingerprint density at radius 2 is 1.76 bits per heavy atom. The van der Waals surface area contributed by atoms with E-state index in [1.54, 1.807) is 35.4 Å². The Labute approximate surface area is 221 Å². The van der Waals surface area contributed by atoms with Crippen LogP contribution in [0.5, 0.6) is 0 Å². The zero-order valence-corrected chi connectivity index (χ0v) is 21.2. The van der Waals surface area contributed by atoms with Gasteiger partial charge in [-0.1, -0.05) is 6.07 Å². The molecule has 2 saturated heterocycles. The van der Waals surface area contributed by atoms with Crippen LogP contribution in [0.4, 0.5) is 11.4 Å². The van der Waals surface area contributed by atoms with E-state index in [9.17, 15) is 9.59 Å². The SMILES string of the molecule is N=C(C(=O)Nc1ccc(C(=O)N2CCCC2)nc1)c1cc(-c2cncc(CN3CCOCC3)c2)ccc1N. The molecule has 0 spiro atoms. The van der Waals surface area contributed by atoms with Gasteiger partial charge in [0.2, 0.25) is 0 Å². The third kappa shape index (κ3) is 5.87. The first-order valence-corrected chi connectivity index (χ1v) is 12.8. The molecule has 10 heteroatoms. The fourth-order valence-corrected chi connectivity index (χ4v) is 4.69. The normalized spacial score (nSPS) is 15.8. The van der Waals surface area contributed by atoms with Crippen molar-refractivity contribution in [3.8, 4) is 11.1 Å². The Kier molecular flexibility index (Phi) is 7.71. The molecule has 38 heavy (non-hydrogen) atoms. The van der Waals surface area contributed by atoms with Gasteiger partial charge < -0.3 is 20.7 Å². The summed E-state index contributed by atoms with van der Waals surface area (Å²) in [4.78, 5) is 38.1. The van der Waals surface area contributed by atoms with Gasteiger partial charge in [0.15, 0.2) is 0 Å². The minimum Gasteiger partial charge on any atom is -0.398 e. The van der Waals surface area contributed by atoms with Crippen molar-refractivity contribution in [1.29, 1.82) is 5.41 Å². The van der Waals surface area contributed by atoms with Crippen LogP contribution >= 0.6 is 0 Å². The van der Waals surface area contributed by atoms with Crippen LogP contribution in [0.3, 0.4) is 0 Å². The van der Waals surface area contributed by atoms with Crippen LogP contribution in [0.15, 0.2) is 55.0 Å². The van der Waals surface area contributed by atoms with Gasteiger partial charge in [-0.2, -0.15) is 0 Å². The number of hydrogen-bond donors (Lipinski definition) is 3. The molecule has 10 nitrogen and oxygen atoms in total. The van der Waals surface area contributed by atoms with Crippen molar-refractivity contribution in [2.75, 3.05) is 50.4 Å². The monoisotopic (exact) mass is 513 g/mol. The van der Waals surface area contributed by atoms with Crippen molar-refractivity contribution in [3.63, 3.8) is 0 Å². The van der Waals surface area contributed by atoms with Crippen molar-refractivity contribution in [1.82, 2.24) is 19.8 Å². The second-order valence-corrected chi connectivity index (χ2v) is 9.53. The fraction of sp³-hybridized carbons (Fsp3) is 0.321. The highest BCUT2D eigenvalue weighted by atomic mass is 16.5. The Morgan fingerprint density at radius 3 is 2.50 bits per heavy atom. The van der Waals surface area contributed by atoms with Crippen molar-refractivity contribution in [3.05, 3.63) is 71.8 Å². The number of amides is 2. The average Bonchev–Trinajstić information content (AvgIpc) is 3.49. The lowest BCUT2D eigenvalue weighted by atomic mass is 9.99. The summed E-state index contributed by atoms with van der Waals surface area (Å²) in [6, 6.07) is 10.6. The molecule has 4 heterocycles. The molecule has 5 rings (SSSR count). The Bertz CT molecular complexity index is 1330. The zero-order chi connectivity index (χ0) is 26.5. The number of ether oxygens (including phenoxy) is 1. The number of pyridine rings is 2. The van der Waals surface area contributed by atoms with Gasteiger partial charge in [-0.25, -0.2) is 4.98 Å². The highest BCUT2D eigenvalue weighted by Gasteiger charge is 2.21. The third-order valence-corrected chi connectivity index (χ3v) is 6.82. The maximum atomic E-state index is 12.9. The van der Waals surface area contributed by atoms with E-state index in [1.807, 2.05) is 12.3 Å². The minimum absolute atomic E-state index is 0.110. The lowest BCUT2D eigenvalue weighted by molar-refractivity contribution is -0.110. The number of nitrogens with one attached hydrogen (secondary N) is 2. The summed E-state index contributed by atoms with van der Waals surface area (Å²) in [5.41, 5.74) is 10.1. The number of carbonyl (C=O) groups excluding carboxylic acids is 2. The molecule has 196 valence electrons. The van der Waals surface area contributed by atoms with E-state index < -0.39 is 5.91 Å². The van der Waals surface area contributed by atoms with Gasteiger partial charge in [0, 0.05) is 61.9 Å². The predicted octanol–water partition coefficient (Wildman–Crippen LogP) is 2.80.